The average Bonchev–Trinajstić information content (AvgIpc) is 3.35. The fourth-order valence-electron chi connectivity index (χ4n) is 6.82. The molecule has 0 amide bonds. The molecule has 0 aliphatic carbocycles. The summed E-state index contributed by atoms with van der Waals surface area (Å²) in [5.74, 6) is 0.935. The lowest BCUT2D eigenvalue weighted by Crippen LogP contribution is -2.00. The third kappa shape index (κ3) is 5.88. The van der Waals surface area contributed by atoms with Gasteiger partial charge in [-0.05, 0) is 83.9 Å². The summed E-state index contributed by atoms with van der Waals surface area (Å²) in [6.07, 6.45) is 0. The number of hydrogen-bond acceptors (Lipinski definition) is 3. The van der Waals surface area contributed by atoms with Crippen LogP contribution in [0.1, 0.15) is 16.4 Å². The molecule has 10 aromatic rings. The van der Waals surface area contributed by atoms with Crippen molar-refractivity contribution < 1.29 is 16.4 Å². The Morgan fingerprint density at radius 3 is 1.72 bits per heavy atom. The number of fused-ring (bicyclic) bond motifs is 3. The smallest absolute Gasteiger partial charge is 0.164 e. The second-order valence-electron chi connectivity index (χ2n) is 12.8. The second-order valence-corrected chi connectivity index (χ2v) is 12.8. The van der Waals surface area contributed by atoms with Crippen molar-refractivity contribution in [1.29, 1.82) is 0 Å². The molecule has 0 saturated carbocycles. The lowest BCUT2D eigenvalue weighted by molar-refractivity contribution is 1.07. The molecule has 3 heteroatoms. The van der Waals surface area contributed by atoms with Crippen LogP contribution in [0.4, 0.5) is 0 Å². The molecule has 0 atom stereocenters. The predicted octanol–water partition coefficient (Wildman–Crippen LogP) is 13.3. The van der Waals surface area contributed by atoms with Gasteiger partial charge in [0.2, 0.25) is 0 Å². The van der Waals surface area contributed by atoms with E-state index in [1.165, 1.54) is 0 Å². The van der Waals surface area contributed by atoms with Crippen molar-refractivity contribution in [3.63, 3.8) is 0 Å². The van der Waals surface area contributed by atoms with Crippen LogP contribution in [0, 0.1) is 0 Å². The van der Waals surface area contributed by atoms with Crippen molar-refractivity contribution in [2.24, 2.45) is 0 Å². The minimum absolute atomic E-state index is 0.0293. The Balaban J connectivity index is 1.13. The highest BCUT2D eigenvalue weighted by Crippen LogP contribution is 2.34. The molecule has 0 bridgehead atoms. The Kier molecular flexibility index (Phi) is 5.29. The van der Waals surface area contributed by atoms with Crippen LogP contribution < -0.4 is 0 Å². The van der Waals surface area contributed by atoms with E-state index in [-0.39, 0.29) is 45.9 Å². The maximum atomic E-state index is 8.97. The summed E-state index contributed by atoms with van der Waals surface area (Å²) in [5, 5.41) is 3.58. The normalized spacial score (nSPS) is 14.4. The van der Waals surface area contributed by atoms with E-state index in [1.54, 1.807) is 36.4 Å². The quantitative estimate of drug-likeness (QED) is 0.173. The molecule has 0 spiro atoms. The summed E-state index contributed by atoms with van der Waals surface area (Å²) in [5.41, 5.74) is 4.91. The third-order valence-corrected chi connectivity index (χ3v) is 9.49. The average molecular weight is 700 g/mol. The first kappa shape index (κ1) is 21.3. The van der Waals surface area contributed by atoms with Gasteiger partial charge in [0.15, 0.2) is 17.5 Å². The van der Waals surface area contributed by atoms with Gasteiger partial charge in [-0.1, -0.05) is 182 Å². The number of nitrogens with zero attached hydrogens (tertiary/aromatic N) is 3. The van der Waals surface area contributed by atoms with Gasteiger partial charge in [0, 0.05) is 16.7 Å². The molecule has 0 fully saturated rings. The van der Waals surface area contributed by atoms with Gasteiger partial charge in [0.05, 0.1) is 16.4 Å². The maximum absolute atomic E-state index is 8.97. The van der Waals surface area contributed by atoms with E-state index in [2.05, 4.69) is 24.3 Å². The summed E-state index contributed by atoms with van der Waals surface area (Å²) in [7, 11) is 0. The van der Waals surface area contributed by atoms with E-state index in [9.17, 15) is 0 Å². The Bertz CT molecular complexity index is 3650. The highest BCUT2D eigenvalue weighted by atomic mass is 15.0. The van der Waals surface area contributed by atoms with Crippen LogP contribution in [0.25, 0.3) is 99.9 Å². The van der Waals surface area contributed by atoms with Gasteiger partial charge in [-0.3, -0.25) is 0 Å². The Hall–Kier alpha value is -7.23. The standard InChI is InChI=1S/C51H33N3/c1-2-11-34(12-3-1)39-27-28-41-32-44(30-29-40(41)31-39)51-53-49(38-25-23-37(24-26-38)47-21-9-15-35-13-4-6-19-45(35)47)52-50(54-51)43-18-8-17-42(33-43)48-22-10-16-36-14-5-7-20-46(36)48/h1-33H/i1D,2D,3D,5D,7D,10D,11D,12D,14D,16D,20D,22D. The van der Waals surface area contributed by atoms with E-state index < -0.39 is 54.4 Å². The predicted molar refractivity (Wildman–Crippen MR) is 225 cm³/mol. The number of benzene rings is 9. The first-order chi connectivity index (χ1) is 31.7. The zero-order valence-electron chi connectivity index (χ0n) is 40.5. The van der Waals surface area contributed by atoms with Crippen molar-refractivity contribution in [3.05, 3.63) is 200 Å². The van der Waals surface area contributed by atoms with Gasteiger partial charge < -0.3 is 0 Å². The first-order valence-corrected chi connectivity index (χ1v) is 17.3. The van der Waals surface area contributed by atoms with E-state index in [0.29, 0.717) is 39.5 Å². The van der Waals surface area contributed by atoms with E-state index >= 15 is 0 Å². The minimum Gasteiger partial charge on any atom is -0.208 e. The molecule has 54 heavy (non-hydrogen) atoms. The van der Waals surface area contributed by atoms with E-state index in [1.807, 2.05) is 66.7 Å². The van der Waals surface area contributed by atoms with E-state index in [0.717, 1.165) is 32.7 Å². The van der Waals surface area contributed by atoms with Crippen LogP contribution in [0.2, 0.25) is 0 Å². The Labute approximate surface area is 330 Å². The van der Waals surface area contributed by atoms with Crippen LogP contribution >= 0.6 is 0 Å². The fourth-order valence-corrected chi connectivity index (χ4v) is 6.82. The SMILES string of the molecule is [2H]c1c([2H])c([2H])c(-c2ccc3cc(-c4nc(-c5ccc(-c6cccc7ccccc67)cc5)nc(-c5cccc(-c6c([2H])c([2H])c([2H])c7c([2H])c([2H])c([2H])c([2H])c67)c5)n4)ccc3c2)c([2H])c1[2H]. The molecule has 252 valence electrons. The molecule has 0 aliphatic rings. The molecule has 10 rings (SSSR count). The number of hydrogen-bond donors (Lipinski definition) is 0. The molecule has 0 radical (unpaired) electrons. The Morgan fingerprint density at radius 1 is 0.296 bits per heavy atom. The summed E-state index contributed by atoms with van der Waals surface area (Å²) >= 11 is 0. The van der Waals surface area contributed by atoms with Crippen molar-refractivity contribution in [1.82, 2.24) is 15.0 Å². The molecule has 1 aromatic heterocycles. The van der Waals surface area contributed by atoms with Crippen molar-refractivity contribution >= 4 is 32.3 Å². The van der Waals surface area contributed by atoms with Gasteiger partial charge in [-0.15, -0.1) is 0 Å². The van der Waals surface area contributed by atoms with Crippen molar-refractivity contribution in [3.8, 4) is 67.5 Å². The number of aromatic nitrogens is 3. The summed E-state index contributed by atoms with van der Waals surface area (Å²) in [6, 6.07) is 35.0. The lowest BCUT2D eigenvalue weighted by Gasteiger charge is -2.12. The molecule has 9 aromatic carbocycles. The summed E-state index contributed by atoms with van der Waals surface area (Å²) in [6.45, 7) is 0. The van der Waals surface area contributed by atoms with Gasteiger partial charge in [-0.25, -0.2) is 15.0 Å². The first-order valence-electron chi connectivity index (χ1n) is 23.3. The fraction of sp³-hybridized carbons (Fsp3) is 0. The van der Waals surface area contributed by atoms with Crippen LogP contribution in [-0.4, -0.2) is 15.0 Å². The molecular weight excluding hydrogens is 655 g/mol. The van der Waals surface area contributed by atoms with Crippen LogP contribution in [-0.2, 0) is 0 Å². The molecule has 3 nitrogen and oxygen atoms in total. The van der Waals surface area contributed by atoms with Crippen LogP contribution in [0.5, 0.6) is 0 Å². The van der Waals surface area contributed by atoms with Gasteiger partial charge in [-0.2, -0.15) is 0 Å². The highest BCUT2D eigenvalue weighted by Gasteiger charge is 2.15. The van der Waals surface area contributed by atoms with Gasteiger partial charge in [0.25, 0.3) is 0 Å². The van der Waals surface area contributed by atoms with Crippen molar-refractivity contribution in [2.75, 3.05) is 0 Å². The zero-order valence-corrected chi connectivity index (χ0v) is 28.5. The van der Waals surface area contributed by atoms with Crippen LogP contribution in [0.15, 0.2) is 200 Å². The lowest BCUT2D eigenvalue weighted by atomic mass is 9.97. The monoisotopic (exact) mass is 699 g/mol. The second kappa shape index (κ2) is 13.4. The largest absolute Gasteiger partial charge is 0.208 e. The molecule has 0 unspecified atom stereocenters. The highest BCUT2D eigenvalue weighted by molar-refractivity contribution is 5.98. The minimum atomic E-state index is -0.531. The topological polar surface area (TPSA) is 38.7 Å². The maximum Gasteiger partial charge on any atom is 0.164 e. The zero-order chi connectivity index (χ0) is 46.3. The molecule has 1 heterocycles. The Morgan fingerprint density at radius 2 is 0.889 bits per heavy atom. The number of rotatable bonds is 6. The van der Waals surface area contributed by atoms with Gasteiger partial charge in [0.1, 0.15) is 0 Å². The van der Waals surface area contributed by atoms with Crippen molar-refractivity contribution in [2.45, 2.75) is 0 Å². The summed E-state index contributed by atoms with van der Waals surface area (Å²) < 4.78 is 102. The van der Waals surface area contributed by atoms with Gasteiger partial charge >= 0.3 is 0 Å². The van der Waals surface area contributed by atoms with E-state index in [4.69, 9.17) is 31.4 Å². The molecule has 0 N–H and O–H groups in total. The molecular formula is C51H33N3. The third-order valence-electron chi connectivity index (χ3n) is 9.49. The molecule has 0 aliphatic heterocycles. The molecule has 0 saturated heterocycles. The van der Waals surface area contributed by atoms with Crippen LogP contribution in [0.3, 0.4) is 0 Å². The summed E-state index contributed by atoms with van der Waals surface area (Å²) in [4.78, 5) is 14.9.